The number of hydrogen-bond acceptors (Lipinski definition) is 1. The molecule has 0 saturated heterocycles. The normalized spacial score (nSPS) is 55.2. The molecule has 5 aliphatic carbocycles. The van der Waals surface area contributed by atoms with E-state index in [1.54, 1.807) is 0 Å². The molecule has 32 heavy (non-hydrogen) atoms. The minimum absolute atomic E-state index is 0.500. The van der Waals surface area contributed by atoms with E-state index < -0.39 is 0 Å². The Balaban J connectivity index is 1.48. The maximum absolute atomic E-state index is 11.3. The van der Waals surface area contributed by atoms with Crippen LogP contribution in [0.4, 0.5) is 0 Å². The lowest BCUT2D eigenvalue weighted by atomic mass is 9.32. The van der Waals surface area contributed by atoms with E-state index in [0.29, 0.717) is 33.0 Å². The van der Waals surface area contributed by atoms with Gasteiger partial charge in [-0.1, -0.05) is 54.9 Å². The molecule has 0 amide bonds. The molecule has 5 aliphatic rings. The highest BCUT2D eigenvalue weighted by Crippen LogP contribution is 2.78. The Labute approximate surface area is 199 Å². The third kappa shape index (κ3) is 2.84. The lowest BCUT2D eigenvalue weighted by Crippen LogP contribution is -2.65. The lowest BCUT2D eigenvalue weighted by Gasteiger charge is -2.73. The van der Waals surface area contributed by atoms with Crippen LogP contribution in [0.3, 0.4) is 0 Å². The van der Waals surface area contributed by atoms with Gasteiger partial charge in [-0.15, -0.1) is 0 Å². The fourth-order valence-electron chi connectivity index (χ4n) is 12.3. The maximum Gasteiger partial charge on any atom is 0.120 e. The first-order valence-electron chi connectivity index (χ1n) is 14.4. The molecule has 0 heterocycles. The van der Waals surface area contributed by atoms with E-state index in [1.807, 2.05) is 0 Å². The average Bonchev–Trinajstić information content (AvgIpc) is 3.05. The van der Waals surface area contributed by atoms with Gasteiger partial charge in [0.25, 0.3) is 0 Å². The molecule has 0 bridgehead atoms. The van der Waals surface area contributed by atoms with Gasteiger partial charge in [0.15, 0.2) is 0 Å². The molecular weight excluding hydrogens is 388 g/mol. The van der Waals surface area contributed by atoms with Crippen LogP contribution in [-0.4, -0.2) is 6.29 Å². The third-order valence-corrected chi connectivity index (χ3v) is 14.0. The molecule has 0 N–H and O–H groups in total. The highest BCUT2D eigenvalue weighted by molar-refractivity contribution is 5.49. The van der Waals surface area contributed by atoms with Gasteiger partial charge in [0.05, 0.1) is 0 Å². The molecule has 0 aliphatic heterocycles. The molecule has 0 aromatic rings. The van der Waals surface area contributed by atoms with E-state index in [0.717, 1.165) is 36.0 Å². The maximum atomic E-state index is 11.3. The molecule has 0 radical (unpaired) electrons. The van der Waals surface area contributed by atoms with Gasteiger partial charge in [0, 0.05) is 6.42 Å². The molecule has 5 rings (SSSR count). The summed E-state index contributed by atoms with van der Waals surface area (Å²) >= 11 is 0. The van der Waals surface area contributed by atoms with Gasteiger partial charge in [-0.2, -0.15) is 0 Å². The van der Waals surface area contributed by atoms with E-state index in [2.05, 4.69) is 48.5 Å². The van der Waals surface area contributed by atoms with Crippen molar-refractivity contribution in [1.29, 1.82) is 0 Å². The van der Waals surface area contributed by atoms with E-state index in [9.17, 15) is 4.79 Å². The Kier molecular flexibility index (Phi) is 5.37. The second-order valence-corrected chi connectivity index (χ2v) is 15.2. The average molecular weight is 441 g/mol. The third-order valence-electron chi connectivity index (χ3n) is 14.0. The van der Waals surface area contributed by atoms with Crippen molar-refractivity contribution in [1.82, 2.24) is 0 Å². The summed E-state index contributed by atoms with van der Waals surface area (Å²) in [6.07, 6.45) is 17.9. The molecule has 0 spiro atoms. The molecular formula is C31H52O. The van der Waals surface area contributed by atoms with Crippen molar-refractivity contribution < 1.29 is 4.79 Å². The topological polar surface area (TPSA) is 17.1 Å². The zero-order valence-electron chi connectivity index (χ0n) is 22.4. The number of fused-ring (bicyclic) bond motifs is 7. The van der Waals surface area contributed by atoms with E-state index in [-0.39, 0.29) is 0 Å². The van der Waals surface area contributed by atoms with Crippen molar-refractivity contribution in [3.05, 3.63) is 0 Å². The number of rotatable bonds is 3. The van der Waals surface area contributed by atoms with Gasteiger partial charge < -0.3 is 4.79 Å². The molecule has 10 unspecified atom stereocenters. The van der Waals surface area contributed by atoms with Crippen molar-refractivity contribution in [2.45, 2.75) is 126 Å². The van der Waals surface area contributed by atoms with E-state index in [4.69, 9.17) is 0 Å². The van der Waals surface area contributed by atoms with Gasteiger partial charge in [-0.3, -0.25) is 0 Å². The predicted molar refractivity (Wildman–Crippen MR) is 134 cm³/mol. The van der Waals surface area contributed by atoms with Gasteiger partial charge in [0.1, 0.15) is 6.29 Å². The van der Waals surface area contributed by atoms with Crippen LogP contribution in [0.2, 0.25) is 0 Å². The van der Waals surface area contributed by atoms with Crippen molar-refractivity contribution in [3.63, 3.8) is 0 Å². The Morgan fingerprint density at radius 1 is 0.719 bits per heavy atom. The smallest absolute Gasteiger partial charge is 0.120 e. The predicted octanol–water partition coefficient (Wildman–Crippen LogP) is 8.70. The van der Waals surface area contributed by atoms with Crippen LogP contribution in [0, 0.1) is 62.6 Å². The number of hydrogen-bond donors (Lipinski definition) is 0. The molecule has 10 atom stereocenters. The van der Waals surface area contributed by atoms with Crippen molar-refractivity contribution >= 4 is 6.29 Å². The van der Waals surface area contributed by atoms with Crippen molar-refractivity contribution in [2.24, 2.45) is 62.6 Å². The van der Waals surface area contributed by atoms with Crippen LogP contribution < -0.4 is 0 Å². The monoisotopic (exact) mass is 440 g/mol. The van der Waals surface area contributed by atoms with Gasteiger partial charge in [0.2, 0.25) is 0 Å². The summed E-state index contributed by atoms with van der Waals surface area (Å²) in [6.45, 7) is 18.5. The molecule has 5 fully saturated rings. The molecule has 0 aromatic heterocycles. The second kappa shape index (κ2) is 7.34. The minimum atomic E-state index is 0.500. The molecule has 182 valence electrons. The number of carbonyl (C=O) groups is 1. The molecule has 1 heteroatoms. The summed E-state index contributed by atoms with van der Waals surface area (Å²) < 4.78 is 0. The zero-order chi connectivity index (χ0) is 23.2. The van der Waals surface area contributed by atoms with Crippen LogP contribution >= 0.6 is 0 Å². The van der Waals surface area contributed by atoms with Crippen molar-refractivity contribution in [3.8, 4) is 0 Å². The summed E-state index contributed by atoms with van der Waals surface area (Å²) in [5.41, 5.74) is 2.60. The Morgan fingerprint density at radius 3 is 2.00 bits per heavy atom. The standard InChI is InChI=1S/C31H52O/c1-21(14-20-32)22-11-17-28(4)23(22)12-18-30(6)25(28)9-10-26-29(5)16-8-15-27(2,3)24(29)13-19-31(26,30)7/h20-26H,8-19H2,1-7H3. The Bertz CT molecular complexity index is 754. The summed E-state index contributed by atoms with van der Waals surface area (Å²) in [5.74, 6) is 4.95. The van der Waals surface area contributed by atoms with Crippen LogP contribution in [0.5, 0.6) is 0 Å². The number of carbonyl (C=O) groups excluding carboxylic acids is 1. The van der Waals surface area contributed by atoms with Crippen LogP contribution in [0.25, 0.3) is 0 Å². The number of aldehydes is 1. The fourth-order valence-corrected chi connectivity index (χ4v) is 12.3. The highest BCUT2D eigenvalue weighted by atomic mass is 16.1. The first-order chi connectivity index (χ1) is 14.9. The summed E-state index contributed by atoms with van der Waals surface area (Å²) in [6, 6.07) is 0. The quantitative estimate of drug-likeness (QED) is 0.401. The van der Waals surface area contributed by atoms with Gasteiger partial charge in [-0.25, -0.2) is 0 Å². The van der Waals surface area contributed by atoms with Crippen LogP contribution in [0.1, 0.15) is 126 Å². The minimum Gasteiger partial charge on any atom is -0.303 e. The molecule has 5 saturated carbocycles. The van der Waals surface area contributed by atoms with Crippen molar-refractivity contribution in [2.75, 3.05) is 0 Å². The summed E-state index contributed by atoms with van der Waals surface area (Å²) in [5, 5.41) is 0. The highest BCUT2D eigenvalue weighted by Gasteiger charge is 2.70. The van der Waals surface area contributed by atoms with E-state index in [1.165, 1.54) is 76.9 Å². The van der Waals surface area contributed by atoms with E-state index >= 15 is 0 Å². The second-order valence-electron chi connectivity index (χ2n) is 15.2. The lowest BCUT2D eigenvalue weighted by molar-refractivity contribution is -0.241. The molecule has 1 nitrogen and oxygen atoms in total. The van der Waals surface area contributed by atoms with Gasteiger partial charge >= 0.3 is 0 Å². The fraction of sp³-hybridized carbons (Fsp3) is 0.968. The summed E-state index contributed by atoms with van der Waals surface area (Å²) in [4.78, 5) is 11.3. The SMILES string of the molecule is CC(CC=O)C1CCC2(C)C1CCC1(C)C2CCC2C3(C)CCCC(C)(C)C3CCC21C. The summed E-state index contributed by atoms with van der Waals surface area (Å²) in [7, 11) is 0. The Hall–Kier alpha value is -0.330. The molecule has 0 aromatic carbocycles. The zero-order valence-corrected chi connectivity index (χ0v) is 22.4. The largest absolute Gasteiger partial charge is 0.303 e. The Morgan fingerprint density at radius 2 is 1.34 bits per heavy atom. The van der Waals surface area contributed by atoms with Crippen LogP contribution in [-0.2, 0) is 4.79 Å². The first kappa shape index (κ1) is 23.4. The van der Waals surface area contributed by atoms with Crippen LogP contribution in [0.15, 0.2) is 0 Å². The van der Waals surface area contributed by atoms with Gasteiger partial charge in [-0.05, 0) is 127 Å². The first-order valence-corrected chi connectivity index (χ1v) is 14.4.